The summed E-state index contributed by atoms with van der Waals surface area (Å²) < 4.78 is 1.47. The summed E-state index contributed by atoms with van der Waals surface area (Å²) in [6.07, 6.45) is 6.20. The maximum Gasteiger partial charge on any atom is 0.328 e. The van der Waals surface area contributed by atoms with Gasteiger partial charge in [-0.3, -0.25) is 14.3 Å². The fraction of sp³-hybridized carbons (Fsp3) is 0.600. The van der Waals surface area contributed by atoms with Crippen LogP contribution in [-0.2, 0) is 6.54 Å². The van der Waals surface area contributed by atoms with Crippen LogP contribution in [0.25, 0.3) is 0 Å². The van der Waals surface area contributed by atoms with Crippen LogP contribution in [0, 0.1) is 5.92 Å². The highest BCUT2D eigenvalue weighted by Crippen LogP contribution is 2.33. The van der Waals surface area contributed by atoms with Crippen molar-refractivity contribution in [2.45, 2.75) is 32.2 Å². The van der Waals surface area contributed by atoms with E-state index in [0.717, 1.165) is 18.8 Å². The molecule has 5 heteroatoms. The number of nitrogens with zero attached hydrogens (tertiary/aromatic N) is 1. The Morgan fingerprint density at radius 3 is 2.87 bits per heavy atom. The number of hydrogen-bond acceptors (Lipinski definition) is 3. The topological polar surface area (TPSA) is 80.9 Å². The number of nitrogen functional groups attached to an aromatic ring is 1. The van der Waals surface area contributed by atoms with E-state index in [1.165, 1.54) is 23.6 Å². The zero-order valence-corrected chi connectivity index (χ0v) is 8.53. The van der Waals surface area contributed by atoms with Gasteiger partial charge in [0.05, 0.1) is 0 Å². The highest BCUT2D eigenvalue weighted by atomic mass is 16.2. The van der Waals surface area contributed by atoms with Crippen molar-refractivity contribution in [3.05, 3.63) is 27.0 Å². The smallest absolute Gasteiger partial charge is 0.328 e. The molecule has 82 valence electrons. The number of nitrogens with two attached hydrogens (primary N) is 1. The number of aromatic amines is 1. The Labute approximate surface area is 86.9 Å². The molecule has 1 aliphatic rings. The Morgan fingerprint density at radius 1 is 1.47 bits per heavy atom. The van der Waals surface area contributed by atoms with Gasteiger partial charge in [-0.25, -0.2) is 4.79 Å². The molecule has 0 aliphatic heterocycles. The molecule has 1 aliphatic carbocycles. The molecule has 0 bridgehead atoms. The van der Waals surface area contributed by atoms with Crippen molar-refractivity contribution in [2.75, 3.05) is 5.73 Å². The first-order chi connectivity index (χ1) is 7.16. The van der Waals surface area contributed by atoms with Gasteiger partial charge in [-0.15, -0.1) is 0 Å². The van der Waals surface area contributed by atoms with E-state index in [-0.39, 0.29) is 11.4 Å². The molecule has 0 amide bonds. The molecule has 0 radical (unpaired) electrons. The van der Waals surface area contributed by atoms with E-state index >= 15 is 0 Å². The molecule has 1 saturated carbocycles. The third-order valence-corrected chi connectivity index (χ3v) is 2.75. The van der Waals surface area contributed by atoms with Crippen molar-refractivity contribution < 1.29 is 0 Å². The van der Waals surface area contributed by atoms with Crippen LogP contribution in [0.4, 0.5) is 5.69 Å². The summed E-state index contributed by atoms with van der Waals surface area (Å²) in [5.41, 5.74) is 4.66. The number of anilines is 1. The monoisotopic (exact) mass is 209 g/mol. The highest BCUT2D eigenvalue weighted by Gasteiger charge is 2.20. The molecule has 0 aromatic carbocycles. The van der Waals surface area contributed by atoms with E-state index in [0.29, 0.717) is 6.54 Å². The summed E-state index contributed by atoms with van der Waals surface area (Å²) >= 11 is 0. The zero-order chi connectivity index (χ0) is 10.8. The minimum atomic E-state index is -0.501. The standard InChI is InChI=1S/C10H15N3O2/c11-8-6-13(10(15)12-9(8)14)5-1-2-7-3-4-7/h6-7H,1-5,11H2,(H,12,14,15). The van der Waals surface area contributed by atoms with E-state index < -0.39 is 5.56 Å². The summed E-state index contributed by atoms with van der Waals surface area (Å²) in [7, 11) is 0. The van der Waals surface area contributed by atoms with E-state index in [4.69, 9.17) is 5.73 Å². The highest BCUT2D eigenvalue weighted by molar-refractivity contribution is 5.30. The van der Waals surface area contributed by atoms with Crippen LogP contribution in [0.5, 0.6) is 0 Å². The third-order valence-electron chi connectivity index (χ3n) is 2.75. The molecule has 3 N–H and O–H groups in total. The van der Waals surface area contributed by atoms with Gasteiger partial charge in [0.15, 0.2) is 0 Å². The Morgan fingerprint density at radius 2 is 2.20 bits per heavy atom. The first kappa shape index (κ1) is 10.0. The molecular weight excluding hydrogens is 194 g/mol. The van der Waals surface area contributed by atoms with Gasteiger partial charge in [0.2, 0.25) is 0 Å². The average molecular weight is 209 g/mol. The first-order valence-corrected chi connectivity index (χ1v) is 5.26. The molecule has 0 spiro atoms. The molecule has 5 nitrogen and oxygen atoms in total. The van der Waals surface area contributed by atoms with E-state index in [2.05, 4.69) is 4.98 Å². The molecule has 0 unspecified atom stereocenters. The lowest BCUT2D eigenvalue weighted by Crippen LogP contribution is -2.31. The van der Waals surface area contributed by atoms with Gasteiger partial charge in [0.1, 0.15) is 5.69 Å². The van der Waals surface area contributed by atoms with Crippen molar-refractivity contribution in [1.29, 1.82) is 0 Å². The first-order valence-electron chi connectivity index (χ1n) is 5.26. The number of H-pyrrole nitrogens is 1. The van der Waals surface area contributed by atoms with Crippen molar-refractivity contribution in [3.63, 3.8) is 0 Å². The molecule has 1 aromatic rings. The van der Waals surface area contributed by atoms with Crippen molar-refractivity contribution in [2.24, 2.45) is 5.92 Å². The van der Waals surface area contributed by atoms with Crippen LogP contribution in [-0.4, -0.2) is 9.55 Å². The molecule has 0 saturated heterocycles. The van der Waals surface area contributed by atoms with Gasteiger partial charge >= 0.3 is 5.69 Å². The molecule has 0 atom stereocenters. The Balaban J connectivity index is 2.03. The van der Waals surface area contributed by atoms with Gasteiger partial charge in [-0.1, -0.05) is 12.8 Å². The maximum absolute atomic E-state index is 11.3. The van der Waals surface area contributed by atoms with Crippen LogP contribution in [0.2, 0.25) is 0 Å². The van der Waals surface area contributed by atoms with Gasteiger partial charge in [0, 0.05) is 12.7 Å². The summed E-state index contributed by atoms with van der Waals surface area (Å²) in [6.45, 7) is 0.635. The lowest BCUT2D eigenvalue weighted by Gasteiger charge is -2.04. The van der Waals surface area contributed by atoms with Crippen molar-refractivity contribution >= 4 is 5.69 Å². The van der Waals surface area contributed by atoms with E-state index in [9.17, 15) is 9.59 Å². The minimum absolute atomic E-state index is 0.0982. The van der Waals surface area contributed by atoms with Crippen LogP contribution >= 0.6 is 0 Å². The fourth-order valence-corrected chi connectivity index (χ4v) is 1.65. The summed E-state index contributed by atoms with van der Waals surface area (Å²) in [6, 6.07) is 0. The Bertz CT molecular complexity index is 456. The van der Waals surface area contributed by atoms with Crippen molar-refractivity contribution in [1.82, 2.24) is 9.55 Å². The third kappa shape index (κ3) is 2.49. The number of rotatable bonds is 4. The van der Waals surface area contributed by atoms with Gasteiger partial charge in [0.25, 0.3) is 5.56 Å². The minimum Gasteiger partial charge on any atom is -0.393 e. The van der Waals surface area contributed by atoms with Crippen LogP contribution in [0.15, 0.2) is 15.8 Å². The van der Waals surface area contributed by atoms with E-state index in [1.54, 1.807) is 0 Å². The number of hydrogen-bond donors (Lipinski definition) is 2. The SMILES string of the molecule is Nc1cn(CCCC2CC2)c(=O)[nH]c1=O. The van der Waals surface area contributed by atoms with Crippen LogP contribution < -0.4 is 17.0 Å². The Kier molecular flexibility index (Phi) is 2.62. The van der Waals surface area contributed by atoms with Crippen LogP contribution in [0.1, 0.15) is 25.7 Å². The fourth-order valence-electron chi connectivity index (χ4n) is 1.65. The van der Waals surface area contributed by atoms with Crippen molar-refractivity contribution in [3.8, 4) is 0 Å². The summed E-state index contributed by atoms with van der Waals surface area (Å²) in [5, 5.41) is 0. The Hall–Kier alpha value is -1.52. The number of aryl methyl sites for hydroxylation is 1. The molecule has 15 heavy (non-hydrogen) atoms. The molecule has 2 rings (SSSR count). The summed E-state index contributed by atoms with van der Waals surface area (Å²) in [5.74, 6) is 0.862. The molecule has 1 aromatic heterocycles. The molecular formula is C10H15N3O2. The quantitative estimate of drug-likeness (QED) is 0.748. The molecule has 1 fully saturated rings. The zero-order valence-electron chi connectivity index (χ0n) is 8.53. The number of nitrogens with one attached hydrogen (secondary N) is 1. The predicted molar refractivity (Wildman–Crippen MR) is 57.7 cm³/mol. The maximum atomic E-state index is 11.3. The van der Waals surface area contributed by atoms with Gasteiger partial charge in [-0.05, 0) is 18.8 Å². The van der Waals surface area contributed by atoms with Gasteiger partial charge in [-0.2, -0.15) is 0 Å². The normalized spacial score (nSPS) is 15.5. The second kappa shape index (κ2) is 3.92. The van der Waals surface area contributed by atoms with Crippen LogP contribution in [0.3, 0.4) is 0 Å². The lowest BCUT2D eigenvalue weighted by molar-refractivity contribution is 0.556. The second-order valence-electron chi connectivity index (χ2n) is 4.12. The van der Waals surface area contributed by atoms with E-state index in [1.807, 2.05) is 0 Å². The van der Waals surface area contributed by atoms with Gasteiger partial charge < -0.3 is 5.73 Å². The second-order valence-corrected chi connectivity index (χ2v) is 4.12. The largest absolute Gasteiger partial charge is 0.393 e. The number of aromatic nitrogens is 2. The average Bonchev–Trinajstić information content (AvgIpc) is 2.97. The summed E-state index contributed by atoms with van der Waals surface area (Å²) in [4.78, 5) is 24.5. The lowest BCUT2D eigenvalue weighted by atomic mass is 10.2. The predicted octanol–water partition coefficient (Wildman–Crippen LogP) is 0.309. The molecule has 1 heterocycles.